The highest BCUT2D eigenvalue weighted by molar-refractivity contribution is 6.31. The summed E-state index contributed by atoms with van der Waals surface area (Å²) in [7, 11) is 0. The van der Waals surface area contributed by atoms with Gasteiger partial charge in [0.25, 0.3) is 0 Å². The van der Waals surface area contributed by atoms with Crippen LogP contribution in [0.2, 0.25) is 5.02 Å². The van der Waals surface area contributed by atoms with Crippen LogP contribution in [0, 0.1) is 0 Å². The first-order valence-electron chi connectivity index (χ1n) is 6.55. The molecule has 0 saturated heterocycles. The van der Waals surface area contributed by atoms with Gasteiger partial charge in [0.2, 0.25) is 0 Å². The third-order valence-electron chi connectivity index (χ3n) is 3.15. The summed E-state index contributed by atoms with van der Waals surface area (Å²) in [6, 6.07) is 17.0. The molecule has 3 nitrogen and oxygen atoms in total. The van der Waals surface area contributed by atoms with Gasteiger partial charge in [-0.1, -0.05) is 48.0 Å². The minimum atomic E-state index is -0.699. The van der Waals surface area contributed by atoms with Crippen molar-refractivity contribution in [1.29, 1.82) is 0 Å². The summed E-state index contributed by atoms with van der Waals surface area (Å²) in [4.78, 5) is 1.94. The first kappa shape index (κ1) is 14.9. The van der Waals surface area contributed by atoms with E-state index in [0.29, 0.717) is 23.7 Å². The van der Waals surface area contributed by atoms with Gasteiger partial charge in [-0.05, 0) is 18.2 Å². The maximum atomic E-state index is 10.4. The van der Waals surface area contributed by atoms with Crippen LogP contribution in [-0.2, 0) is 0 Å². The molecule has 0 aromatic heterocycles. The van der Waals surface area contributed by atoms with Crippen LogP contribution in [0.1, 0.15) is 11.7 Å². The minimum absolute atomic E-state index is 0.0319. The third-order valence-corrected chi connectivity index (χ3v) is 3.49. The van der Waals surface area contributed by atoms with Crippen molar-refractivity contribution < 1.29 is 10.2 Å². The molecule has 0 fully saturated rings. The monoisotopic (exact) mass is 291 g/mol. The van der Waals surface area contributed by atoms with E-state index in [1.807, 2.05) is 53.4 Å². The van der Waals surface area contributed by atoms with Crippen molar-refractivity contribution >= 4 is 17.3 Å². The summed E-state index contributed by atoms with van der Waals surface area (Å²) >= 11 is 6.10. The topological polar surface area (TPSA) is 43.7 Å². The molecule has 2 aromatic rings. The number of nitrogens with zero attached hydrogens (tertiary/aromatic N) is 1. The van der Waals surface area contributed by atoms with Crippen LogP contribution >= 0.6 is 11.6 Å². The summed E-state index contributed by atoms with van der Waals surface area (Å²) in [5.74, 6) is 0. The fourth-order valence-electron chi connectivity index (χ4n) is 2.14. The summed E-state index contributed by atoms with van der Waals surface area (Å²) in [6.45, 7) is 0.879. The molecule has 0 aliphatic carbocycles. The highest BCUT2D eigenvalue weighted by Gasteiger charge is 2.15. The highest BCUT2D eigenvalue weighted by Crippen LogP contribution is 2.25. The summed E-state index contributed by atoms with van der Waals surface area (Å²) in [5, 5.41) is 20.1. The van der Waals surface area contributed by atoms with Crippen LogP contribution in [0.25, 0.3) is 0 Å². The second kappa shape index (κ2) is 7.29. The molecular weight excluding hydrogens is 274 g/mol. The van der Waals surface area contributed by atoms with Crippen molar-refractivity contribution in [3.63, 3.8) is 0 Å². The fraction of sp³-hybridized carbons (Fsp3) is 0.250. The van der Waals surface area contributed by atoms with Gasteiger partial charge in [-0.25, -0.2) is 0 Å². The first-order valence-corrected chi connectivity index (χ1v) is 6.93. The Morgan fingerprint density at radius 3 is 2.30 bits per heavy atom. The van der Waals surface area contributed by atoms with Gasteiger partial charge in [-0.15, -0.1) is 0 Å². The van der Waals surface area contributed by atoms with E-state index in [2.05, 4.69) is 0 Å². The molecule has 0 aliphatic heterocycles. The van der Waals surface area contributed by atoms with Gasteiger partial charge >= 0.3 is 0 Å². The van der Waals surface area contributed by atoms with Crippen LogP contribution in [0.5, 0.6) is 0 Å². The number of anilines is 1. The molecule has 2 aromatic carbocycles. The van der Waals surface area contributed by atoms with E-state index in [1.165, 1.54) is 0 Å². The van der Waals surface area contributed by atoms with Gasteiger partial charge < -0.3 is 15.1 Å². The molecule has 0 aliphatic rings. The van der Waals surface area contributed by atoms with Crippen molar-refractivity contribution in [2.45, 2.75) is 6.10 Å². The number of aliphatic hydroxyl groups excluding tert-OH is 2. The van der Waals surface area contributed by atoms with Gasteiger partial charge in [-0.2, -0.15) is 0 Å². The van der Waals surface area contributed by atoms with E-state index in [0.717, 1.165) is 5.69 Å². The quantitative estimate of drug-likeness (QED) is 0.860. The molecule has 1 unspecified atom stereocenters. The van der Waals surface area contributed by atoms with E-state index in [9.17, 15) is 10.2 Å². The summed E-state index contributed by atoms with van der Waals surface area (Å²) in [5.41, 5.74) is 1.67. The number of hydrogen-bond donors (Lipinski definition) is 2. The largest absolute Gasteiger partial charge is 0.395 e. The molecule has 106 valence electrons. The molecule has 4 heteroatoms. The SMILES string of the molecule is OCCN(CC(O)c1ccccc1Cl)c1ccccc1. The van der Waals surface area contributed by atoms with Crippen molar-refractivity contribution in [3.8, 4) is 0 Å². The van der Waals surface area contributed by atoms with Gasteiger partial charge in [0.05, 0.1) is 12.7 Å². The summed E-state index contributed by atoms with van der Waals surface area (Å²) < 4.78 is 0. The first-order chi connectivity index (χ1) is 9.72. The lowest BCUT2D eigenvalue weighted by molar-refractivity contribution is 0.181. The van der Waals surface area contributed by atoms with Gasteiger partial charge in [0.1, 0.15) is 0 Å². The zero-order valence-electron chi connectivity index (χ0n) is 11.1. The zero-order chi connectivity index (χ0) is 14.4. The van der Waals surface area contributed by atoms with Crippen molar-refractivity contribution in [1.82, 2.24) is 0 Å². The Morgan fingerprint density at radius 2 is 1.65 bits per heavy atom. The Balaban J connectivity index is 2.14. The predicted octanol–water partition coefficient (Wildman–Crippen LogP) is 2.87. The normalized spacial score (nSPS) is 12.2. The Kier molecular flexibility index (Phi) is 5.41. The van der Waals surface area contributed by atoms with E-state index >= 15 is 0 Å². The maximum absolute atomic E-state index is 10.4. The van der Waals surface area contributed by atoms with Crippen LogP contribution < -0.4 is 4.90 Å². The fourth-order valence-corrected chi connectivity index (χ4v) is 2.40. The van der Waals surface area contributed by atoms with Crippen LogP contribution in [0.15, 0.2) is 54.6 Å². The number of hydrogen-bond acceptors (Lipinski definition) is 3. The minimum Gasteiger partial charge on any atom is -0.395 e. The summed E-state index contributed by atoms with van der Waals surface area (Å²) in [6.07, 6.45) is -0.699. The lowest BCUT2D eigenvalue weighted by atomic mass is 10.1. The second-order valence-electron chi connectivity index (χ2n) is 4.54. The van der Waals surface area contributed by atoms with Crippen LogP contribution in [0.4, 0.5) is 5.69 Å². The average molecular weight is 292 g/mol. The van der Waals surface area contributed by atoms with Crippen molar-refractivity contribution in [3.05, 3.63) is 65.2 Å². The molecular formula is C16H18ClNO2. The Morgan fingerprint density at radius 1 is 1.00 bits per heavy atom. The molecule has 2 rings (SSSR count). The van der Waals surface area contributed by atoms with Crippen molar-refractivity contribution in [2.75, 3.05) is 24.6 Å². The van der Waals surface area contributed by atoms with Crippen LogP contribution in [0.3, 0.4) is 0 Å². The zero-order valence-corrected chi connectivity index (χ0v) is 11.9. The van der Waals surface area contributed by atoms with Gasteiger partial charge in [0.15, 0.2) is 0 Å². The molecule has 0 saturated carbocycles. The predicted molar refractivity (Wildman–Crippen MR) is 82.2 cm³/mol. The van der Waals surface area contributed by atoms with Gasteiger partial charge in [0, 0.05) is 29.4 Å². The highest BCUT2D eigenvalue weighted by atomic mass is 35.5. The van der Waals surface area contributed by atoms with E-state index in [-0.39, 0.29) is 6.61 Å². The Hall–Kier alpha value is -1.55. The molecule has 0 radical (unpaired) electrons. The molecule has 20 heavy (non-hydrogen) atoms. The van der Waals surface area contributed by atoms with Crippen LogP contribution in [-0.4, -0.2) is 29.9 Å². The molecule has 0 spiro atoms. The molecule has 2 N–H and O–H groups in total. The lowest BCUT2D eigenvalue weighted by Crippen LogP contribution is -2.31. The Labute approximate surface area is 124 Å². The number of aliphatic hydroxyl groups is 2. The van der Waals surface area contributed by atoms with Gasteiger partial charge in [-0.3, -0.25) is 0 Å². The molecule has 0 heterocycles. The standard InChI is InChI=1S/C16H18ClNO2/c17-15-9-5-4-8-14(15)16(20)12-18(10-11-19)13-6-2-1-3-7-13/h1-9,16,19-20H,10-12H2. The van der Waals surface area contributed by atoms with E-state index in [4.69, 9.17) is 11.6 Å². The maximum Gasteiger partial charge on any atom is 0.0979 e. The van der Waals surface area contributed by atoms with E-state index < -0.39 is 6.10 Å². The average Bonchev–Trinajstić information content (AvgIpc) is 2.48. The second-order valence-corrected chi connectivity index (χ2v) is 4.95. The number of halogens is 1. The van der Waals surface area contributed by atoms with E-state index in [1.54, 1.807) is 6.07 Å². The lowest BCUT2D eigenvalue weighted by Gasteiger charge is -2.27. The third kappa shape index (κ3) is 3.73. The molecule has 0 bridgehead atoms. The number of rotatable bonds is 6. The Bertz CT molecular complexity index is 533. The van der Waals surface area contributed by atoms with Crippen molar-refractivity contribution in [2.24, 2.45) is 0 Å². The smallest absolute Gasteiger partial charge is 0.0979 e. The number of benzene rings is 2. The molecule has 0 amide bonds. The molecule has 1 atom stereocenters. The number of para-hydroxylation sites is 1.